The zero-order chi connectivity index (χ0) is 9.84. The maximum absolute atomic E-state index is 11.1. The third-order valence-electron chi connectivity index (χ3n) is 1.50. The molecule has 0 saturated heterocycles. The van der Waals surface area contributed by atoms with Crippen molar-refractivity contribution >= 4 is 17.1 Å². The van der Waals surface area contributed by atoms with Gasteiger partial charge in [-0.1, -0.05) is 0 Å². The van der Waals surface area contributed by atoms with Crippen LogP contribution >= 0.6 is 0 Å². The van der Waals surface area contributed by atoms with Crippen LogP contribution in [0.2, 0.25) is 0 Å². The third kappa shape index (κ3) is 2.78. The Labute approximate surface area is 78.7 Å². The lowest BCUT2D eigenvalue weighted by Crippen LogP contribution is -2.05. The number of carbonyl (C=O) groups is 1. The molecule has 0 aliphatic heterocycles. The quantitative estimate of drug-likeness (QED) is 0.745. The molecule has 13 heavy (non-hydrogen) atoms. The number of furan rings is 1. The van der Waals surface area contributed by atoms with Gasteiger partial charge in [0.2, 0.25) is 5.76 Å². The van der Waals surface area contributed by atoms with Crippen LogP contribution in [0.5, 0.6) is 0 Å². The second-order valence-corrected chi connectivity index (χ2v) is 4.19. The minimum atomic E-state index is -1.10. The fourth-order valence-corrected chi connectivity index (χ4v) is 1.51. The summed E-state index contributed by atoms with van der Waals surface area (Å²) in [6, 6.07) is 2.90. The molecule has 1 rings (SSSR count). The summed E-state index contributed by atoms with van der Waals surface area (Å²) < 4.78 is 16.0. The summed E-state index contributed by atoms with van der Waals surface area (Å²) >= 11 is -0.965. The minimum Gasteiger partial charge on any atom is -0.616 e. The molecule has 0 fully saturated rings. The van der Waals surface area contributed by atoms with Crippen LogP contribution in [-0.4, -0.2) is 21.4 Å². The van der Waals surface area contributed by atoms with Crippen molar-refractivity contribution in [3.63, 3.8) is 0 Å². The second-order valence-electron chi connectivity index (χ2n) is 2.44. The van der Waals surface area contributed by atoms with Gasteiger partial charge in [-0.05, 0) is 30.2 Å². The van der Waals surface area contributed by atoms with E-state index in [1.165, 1.54) is 12.1 Å². The van der Waals surface area contributed by atoms with Gasteiger partial charge >= 0.3 is 5.97 Å². The van der Waals surface area contributed by atoms with Crippen molar-refractivity contribution in [3.05, 3.63) is 23.7 Å². The van der Waals surface area contributed by atoms with Crippen molar-refractivity contribution in [2.45, 2.75) is 12.7 Å². The van der Waals surface area contributed by atoms with Gasteiger partial charge in [-0.2, -0.15) is 0 Å². The summed E-state index contributed by atoms with van der Waals surface area (Å²) in [5.74, 6) is 0.0709. The van der Waals surface area contributed by atoms with Crippen molar-refractivity contribution in [2.24, 2.45) is 0 Å². The van der Waals surface area contributed by atoms with Gasteiger partial charge in [0.15, 0.2) is 11.5 Å². The van der Waals surface area contributed by atoms with E-state index in [2.05, 4.69) is 0 Å². The molecule has 0 saturated carbocycles. The van der Waals surface area contributed by atoms with E-state index in [4.69, 9.17) is 9.52 Å². The Kier molecular flexibility index (Phi) is 3.39. The summed E-state index contributed by atoms with van der Waals surface area (Å²) in [6.07, 6.45) is 0. The van der Waals surface area contributed by atoms with Crippen LogP contribution in [0, 0.1) is 0 Å². The number of aromatic carboxylic acids is 1. The lowest BCUT2D eigenvalue weighted by atomic mass is 10.4. The van der Waals surface area contributed by atoms with E-state index in [0.717, 1.165) is 0 Å². The van der Waals surface area contributed by atoms with Gasteiger partial charge in [0, 0.05) is 0 Å². The number of rotatable bonds is 4. The van der Waals surface area contributed by atoms with E-state index < -0.39 is 17.1 Å². The summed E-state index contributed by atoms with van der Waals surface area (Å²) in [5, 5.41) is 8.52. The summed E-state index contributed by atoms with van der Waals surface area (Å²) in [4.78, 5) is 10.4. The fraction of sp³-hybridized carbons (Fsp3) is 0.375. The molecule has 1 aromatic rings. The van der Waals surface area contributed by atoms with E-state index in [1.807, 2.05) is 0 Å². The average molecular weight is 202 g/mol. The molecule has 1 atom stereocenters. The SMILES string of the molecule is CC[S+]([O-])Cc1ccc(C(=O)O)o1. The van der Waals surface area contributed by atoms with Gasteiger partial charge in [0.1, 0.15) is 5.75 Å². The van der Waals surface area contributed by atoms with Crippen LogP contribution < -0.4 is 0 Å². The molecule has 0 bridgehead atoms. The van der Waals surface area contributed by atoms with E-state index >= 15 is 0 Å². The Morgan fingerprint density at radius 1 is 1.69 bits per heavy atom. The maximum Gasteiger partial charge on any atom is 0.371 e. The molecule has 1 aromatic heterocycles. The number of hydrogen-bond acceptors (Lipinski definition) is 3. The molecule has 0 aliphatic rings. The lowest BCUT2D eigenvalue weighted by Gasteiger charge is -2.04. The van der Waals surface area contributed by atoms with Crippen LogP contribution in [0.15, 0.2) is 16.5 Å². The molecule has 72 valence electrons. The largest absolute Gasteiger partial charge is 0.616 e. The van der Waals surface area contributed by atoms with Crippen molar-refractivity contribution < 1.29 is 18.9 Å². The number of hydrogen-bond donors (Lipinski definition) is 1. The Bertz CT molecular complexity index is 294. The average Bonchev–Trinajstić information content (AvgIpc) is 2.52. The molecule has 0 aromatic carbocycles. The van der Waals surface area contributed by atoms with Crippen LogP contribution in [0.25, 0.3) is 0 Å². The molecule has 1 N–H and O–H groups in total. The van der Waals surface area contributed by atoms with E-state index in [9.17, 15) is 9.35 Å². The van der Waals surface area contributed by atoms with Crippen LogP contribution in [0.4, 0.5) is 0 Å². The van der Waals surface area contributed by atoms with Gasteiger partial charge in [-0.3, -0.25) is 0 Å². The molecule has 0 aliphatic carbocycles. The van der Waals surface area contributed by atoms with E-state index in [0.29, 0.717) is 11.5 Å². The van der Waals surface area contributed by atoms with E-state index in [1.54, 1.807) is 6.92 Å². The summed E-state index contributed by atoms with van der Waals surface area (Å²) in [5.41, 5.74) is 0. The first-order chi connectivity index (χ1) is 6.13. The minimum absolute atomic E-state index is 0.108. The van der Waals surface area contributed by atoms with Gasteiger partial charge in [-0.25, -0.2) is 4.79 Å². The van der Waals surface area contributed by atoms with Crippen LogP contribution in [0.1, 0.15) is 23.2 Å². The topological polar surface area (TPSA) is 73.5 Å². The molecular formula is C8H10O4S. The highest BCUT2D eigenvalue weighted by molar-refractivity contribution is 7.90. The molecular weight excluding hydrogens is 192 g/mol. The molecule has 0 spiro atoms. The van der Waals surface area contributed by atoms with Gasteiger partial charge in [0.25, 0.3) is 0 Å². The standard InChI is InChI=1S/C8H10O4S/c1-2-13(11)5-6-3-4-7(12-6)8(9)10/h3-4H,2,5H2,1H3,(H,9,10). The smallest absolute Gasteiger partial charge is 0.371 e. The number of carboxylic acids is 1. The monoisotopic (exact) mass is 202 g/mol. The normalized spacial score (nSPS) is 12.8. The lowest BCUT2D eigenvalue weighted by molar-refractivity contribution is 0.0660. The van der Waals surface area contributed by atoms with Gasteiger partial charge < -0.3 is 14.1 Å². The van der Waals surface area contributed by atoms with Crippen LogP contribution in [-0.2, 0) is 16.9 Å². The van der Waals surface area contributed by atoms with Crippen molar-refractivity contribution in [3.8, 4) is 0 Å². The summed E-state index contributed by atoms with van der Waals surface area (Å²) in [7, 11) is 0. The number of carboxylic acid groups (broad SMARTS) is 1. The maximum atomic E-state index is 11.1. The van der Waals surface area contributed by atoms with Gasteiger partial charge in [0.05, 0.1) is 0 Å². The highest BCUT2D eigenvalue weighted by Gasteiger charge is 2.12. The zero-order valence-corrected chi connectivity index (χ0v) is 7.97. The van der Waals surface area contributed by atoms with E-state index in [-0.39, 0.29) is 11.5 Å². The van der Waals surface area contributed by atoms with Crippen molar-refractivity contribution in [1.82, 2.24) is 0 Å². The Balaban J connectivity index is 2.64. The van der Waals surface area contributed by atoms with Crippen molar-refractivity contribution in [2.75, 3.05) is 5.75 Å². The van der Waals surface area contributed by atoms with Crippen LogP contribution in [0.3, 0.4) is 0 Å². The summed E-state index contributed by atoms with van der Waals surface area (Å²) in [6.45, 7) is 1.80. The first-order valence-electron chi connectivity index (χ1n) is 3.80. The van der Waals surface area contributed by atoms with Crippen molar-refractivity contribution in [1.29, 1.82) is 0 Å². The molecule has 1 unspecified atom stereocenters. The molecule has 5 heteroatoms. The Hall–Kier alpha value is -0.940. The highest BCUT2D eigenvalue weighted by Crippen LogP contribution is 2.11. The molecule has 0 amide bonds. The molecule has 4 nitrogen and oxygen atoms in total. The Morgan fingerprint density at radius 3 is 2.85 bits per heavy atom. The third-order valence-corrected chi connectivity index (χ3v) is 2.75. The molecule has 1 heterocycles. The highest BCUT2D eigenvalue weighted by atomic mass is 32.2. The fourth-order valence-electron chi connectivity index (χ4n) is 0.831. The first-order valence-corrected chi connectivity index (χ1v) is 5.29. The molecule has 0 radical (unpaired) electrons. The first kappa shape index (κ1) is 10.1. The predicted molar refractivity (Wildman–Crippen MR) is 48.1 cm³/mol. The second kappa shape index (κ2) is 4.34. The Morgan fingerprint density at radius 2 is 2.38 bits per heavy atom. The van der Waals surface area contributed by atoms with Gasteiger partial charge in [-0.15, -0.1) is 0 Å². The zero-order valence-electron chi connectivity index (χ0n) is 7.15. The predicted octanol–water partition coefficient (Wildman–Crippen LogP) is 1.25.